The van der Waals surface area contributed by atoms with Crippen LogP contribution < -0.4 is 5.73 Å². The summed E-state index contributed by atoms with van der Waals surface area (Å²) < 4.78 is 5.29. The number of nitrogens with two attached hydrogens (primary N) is 1. The third-order valence-electron chi connectivity index (χ3n) is 1.73. The van der Waals surface area contributed by atoms with Gasteiger partial charge in [0.05, 0.1) is 5.57 Å². The summed E-state index contributed by atoms with van der Waals surface area (Å²) in [5.74, 6) is 0.0993. The number of esters is 1. The number of ether oxygens (including phenoxy) is 1. The summed E-state index contributed by atoms with van der Waals surface area (Å²) in [7, 11) is 0. The number of hydrogen-bond donors (Lipinski definition) is 1. The number of rotatable bonds is 3. The maximum Gasteiger partial charge on any atom is 0.336 e. The van der Waals surface area contributed by atoms with E-state index in [1.54, 1.807) is 6.92 Å². The Labute approximate surface area is 92.7 Å². The highest BCUT2D eigenvalue weighted by atomic mass is 16.6. The van der Waals surface area contributed by atoms with Gasteiger partial charge in [0.25, 0.3) is 0 Å². The van der Waals surface area contributed by atoms with Gasteiger partial charge in [0, 0.05) is 5.70 Å². The van der Waals surface area contributed by atoms with Crippen molar-refractivity contribution >= 4 is 5.97 Å². The minimum absolute atomic E-state index is 0.295. The molecule has 88 valence electrons. The van der Waals surface area contributed by atoms with E-state index in [-0.39, 0.29) is 5.97 Å². The van der Waals surface area contributed by atoms with E-state index in [0.29, 0.717) is 23.6 Å². The molecule has 0 spiro atoms. The van der Waals surface area contributed by atoms with Crippen molar-refractivity contribution in [1.29, 1.82) is 0 Å². The van der Waals surface area contributed by atoms with Gasteiger partial charge in [-0.25, -0.2) is 4.79 Å². The van der Waals surface area contributed by atoms with Crippen LogP contribution in [-0.2, 0) is 9.53 Å². The highest BCUT2D eigenvalue weighted by Crippen LogP contribution is 2.18. The van der Waals surface area contributed by atoms with Crippen molar-refractivity contribution in [2.75, 3.05) is 0 Å². The third-order valence-corrected chi connectivity index (χ3v) is 1.73. The molecule has 2 N–H and O–H groups in total. The first-order chi connectivity index (χ1) is 6.63. The van der Waals surface area contributed by atoms with Gasteiger partial charge in [-0.05, 0) is 40.0 Å². The molecule has 0 aliphatic rings. The summed E-state index contributed by atoms with van der Waals surface area (Å²) >= 11 is 0. The summed E-state index contributed by atoms with van der Waals surface area (Å²) in [5.41, 5.74) is 6.37. The largest absolute Gasteiger partial charge is 0.457 e. The Morgan fingerprint density at radius 3 is 2.07 bits per heavy atom. The first-order valence-electron chi connectivity index (χ1n) is 5.32. The standard InChI is InChI=1S/C12H23NO2/c1-8(2)7-10(9(3)13)11(14)15-12(4,5)6/h8H,7,13H2,1-6H3/b10-9-. The molecule has 3 heteroatoms. The van der Waals surface area contributed by atoms with Gasteiger partial charge in [0.2, 0.25) is 0 Å². The molecule has 0 saturated carbocycles. The lowest BCUT2D eigenvalue weighted by atomic mass is 10.0. The van der Waals surface area contributed by atoms with Gasteiger partial charge in [-0.3, -0.25) is 0 Å². The van der Waals surface area contributed by atoms with Crippen LogP contribution in [0.15, 0.2) is 11.3 Å². The Bertz CT molecular complexity index is 255. The molecule has 0 aliphatic heterocycles. The molecule has 0 aromatic heterocycles. The summed E-state index contributed by atoms with van der Waals surface area (Å²) in [4.78, 5) is 11.8. The summed E-state index contributed by atoms with van der Waals surface area (Å²) in [6.07, 6.45) is 0.664. The van der Waals surface area contributed by atoms with Crippen molar-refractivity contribution in [2.45, 2.75) is 53.6 Å². The molecule has 0 amide bonds. The van der Waals surface area contributed by atoms with Crippen LogP contribution in [-0.4, -0.2) is 11.6 Å². The van der Waals surface area contributed by atoms with E-state index in [1.165, 1.54) is 0 Å². The van der Waals surface area contributed by atoms with Gasteiger partial charge in [0.1, 0.15) is 5.60 Å². The fraction of sp³-hybridized carbons (Fsp3) is 0.750. The minimum atomic E-state index is -0.464. The molecule has 0 radical (unpaired) electrons. The molecule has 0 heterocycles. The Hall–Kier alpha value is -0.990. The van der Waals surface area contributed by atoms with E-state index in [0.717, 1.165) is 0 Å². The van der Waals surface area contributed by atoms with Crippen molar-refractivity contribution in [3.63, 3.8) is 0 Å². The Kier molecular flexibility index (Phi) is 4.85. The zero-order valence-corrected chi connectivity index (χ0v) is 10.7. The van der Waals surface area contributed by atoms with Crippen molar-refractivity contribution in [3.8, 4) is 0 Å². The van der Waals surface area contributed by atoms with Crippen LogP contribution in [0.4, 0.5) is 0 Å². The van der Waals surface area contributed by atoms with Gasteiger partial charge in [-0.15, -0.1) is 0 Å². The van der Waals surface area contributed by atoms with E-state index in [4.69, 9.17) is 10.5 Å². The average Bonchev–Trinajstić information content (AvgIpc) is 1.95. The van der Waals surface area contributed by atoms with Crippen LogP contribution in [0.3, 0.4) is 0 Å². The molecular weight excluding hydrogens is 190 g/mol. The van der Waals surface area contributed by atoms with E-state index in [9.17, 15) is 4.79 Å². The second-order valence-corrected chi connectivity index (χ2v) is 5.26. The Balaban J connectivity index is 4.68. The van der Waals surface area contributed by atoms with Gasteiger partial charge < -0.3 is 10.5 Å². The molecule has 0 fully saturated rings. The van der Waals surface area contributed by atoms with E-state index in [2.05, 4.69) is 0 Å². The maximum absolute atomic E-state index is 11.8. The molecule has 15 heavy (non-hydrogen) atoms. The van der Waals surface area contributed by atoms with E-state index < -0.39 is 5.60 Å². The fourth-order valence-corrected chi connectivity index (χ4v) is 1.15. The maximum atomic E-state index is 11.8. The Morgan fingerprint density at radius 1 is 1.33 bits per heavy atom. The normalized spacial score (nSPS) is 13.8. The molecule has 0 saturated heterocycles. The minimum Gasteiger partial charge on any atom is -0.457 e. The Morgan fingerprint density at radius 2 is 1.80 bits per heavy atom. The van der Waals surface area contributed by atoms with Gasteiger partial charge in [-0.2, -0.15) is 0 Å². The molecule has 0 atom stereocenters. The quantitative estimate of drug-likeness (QED) is 0.579. The number of carbonyl (C=O) groups excluding carboxylic acids is 1. The monoisotopic (exact) mass is 213 g/mol. The molecule has 0 bridgehead atoms. The fourth-order valence-electron chi connectivity index (χ4n) is 1.15. The first kappa shape index (κ1) is 14.0. The molecule has 0 unspecified atom stereocenters. The molecule has 0 aliphatic carbocycles. The lowest BCUT2D eigenvalue weighted by molar-refractivity contribution is -0.150. The van der Waals surface area contributed by atoms with Crippen molar-refractivity contribution in [3.05, 3.63) is 11.3 Å². The number of carbonyl (C=O) groups is 1. The van der Waals surface area contributed by atoms with Crippen molar-refractivity contribution < 1.29 is 9.53 Å². The first-order valence-corrected chi connectivity index (χ1v) is 5.32. The molecule has 0 aromatic carbocycles. The molecule has 0 rings (SSSR count). The summed E-state index contributed by atoms with van der Waals surface area (Å²) in [6.45, 7) is 11.4. The van der Waals surface area contributed by atoms with Crippen LogP contribution in [0.25, 0.3) is 0 Å². The number of allylic oxidation sites excluding steroid dienone is 1. The predicted molar refractivity (Wildman–Crippen MR) is 62.2 cm³/mol. The van der Waals surface area contributed by atoms with Crippen LogP contribution in [0.1, 0.15) is 48.0 Å². The zero-order chi connectivity index (χ0) is 12.2. The third kappa shape index (κ3) is 6.15. The van der Waals surface area contributed by atoms with Crippen LogP contribution >= 0.6 is 0 Å². The smallest absolute Gasteiger partial charge is 0.336 e. The highest BCUT2D eigenvalue weighted by Gasteiger charge is 2.21. The zero-order valence-electron chi connectivity index (χ0n) is 10.7. The second-order valence-electron chi connectivity index (χ2n) is 5.26. The molecule has 0 aromatic rings. The molecular formula is C12H23NO2. The summed E-state index contributed by atoms with van der Waals surface area (Å²) in [5, 5.41) is 0. The number of hydrogen-bond acceptors (Lipinski definition) is 3. The van der Waals surface area contributed by atoms with Crippen molar-refractivity contribution in [2.24, 2.45) is 11.7 Å². The predicted octanol–water partition coefficient (Wildman–Crippen LogP) is 2.61. The lowest BCUT2D eigenvalue weighted by Gasteiger charge is -2.21. The SMILES string of the molecule is C/C(N)=C(\CC(C)C)C(=O)OC(C)(C)C. The van der Waals surface area contributed by atoms with Crippen LogP contribution in [0.5, 0.6) is 0 Å². The van der Waals surface area contributed by atoms with Crippen LogP contribution in [0.2, 0.25) is 0 Å². The van der Waals surface area contributed by atoms with Crippen molar-refractivity contribution in [1.82, 2.24) is 0 Å². The molecule has 3 nitrogen and oxygen atoms in total. The highest BCUT2D eigenvalue weighted by molar-refractivity contribution is 5.89. The average molecular weight is 213 g/mol. The second kappa shape index (κ2) is 5.19. The lowest BCUT2D eigenvalue weighted by Crippen LogP contribution is -2.26. The van der Waals surface area contributed by atoms with E-state index >= 15 is 0 Å². The van der Waals surface area contributed by atoms with E-state index in [1.807, 2.05) is 34.6 Å². The summed E-state index contributed by atoms with van der Waals surface area (Å²) in [6, 6.07) is 0. The topological polar surface area (TPSA) is 52.3 Å². The van der Waals surface area contributed by atoms with Gasteiger partial charge in [0.15, 0.2) is 0 Å². The van der Waals surface area contributed by atoms with Gasteiger partial charge >= 0.3 is 5.97 Å². The van der Waals surface area contributed by atoms with Crippen LogP contribution in [0, 0.1) is 5.92 Å². The van der Waals surface area contributed by atoms with Gasteiger partial charge in [-0.1, -0.05) is 13.8 Å².